The van der Waals surface area contributed by atoms with Crippen LogP contribution in [0.3, 0.4) is 0 Å². The summed E-state index contributed by atoms with van der Waals surface area (Å²) in [6.07, 6.45) is 6.04. The van der Waals surface area contributed by atoms with Crippen molar-refractivity contribution in [1.29, 1.82) is 0 Å². The normalized spacial score (nSPS) is 14.5. The van der Waals surface area contributed by atoms with E-state index in [0.29, 0.717) is 28.8 Å². The van der Waals surface area contributed by atoms with Gasteiger partial charge in [-0.3, -0.25) is 4.98 Å². The lowest BCUT2D eigenvalue weighted by Gasteiger charge is -2.31. The number of allylic oxidation sites excluding steroid dienone is 2. The number of hydrogen-bond donors (Lipinski definition) is 1. The first kappa shape index (κ1) is 23.8. The number of aromatic nitrogens is 4. The van der Waals surface area contributed by atoms with Gasteiger partial charge < -0.3 is 14.7 Å². The summed E-state index contributed by atoms with van der Waals surface area (Å²) in [7, 11) is 0. The number of pyridine rings is 2. The average Bonchev–Trinajstić information content (AvgIpc) is 3.26. The summed E-state index contributed by atoms with van der Waals surface area (Å²) in [5.74, 6) is -0.585. The Labute approximate surface area is 201 Å². The molecule has 0 saturated heterocycles. The predicted molar refractivity (Wildman–Crippen MR) is 124 cm³/mol. The lowest BCUT2D eigenvalue weighted by Crippen LogP contribution is -2.28. The Morgan fingerprint density at radius 3 is 2.65 bits per heavy atom. The van der Waals surface area contributed by atoms with E-state index in [4.69, 9.17) is 16.3 Å². The molecular weight excluding hydrogens is 464 g/mol. The standard InChI is InChI=1S/C24H24ClF2N5O2/c1-14-10-29-23(32-22(5-6-30-32)24(3,4)33)9-20(14)31-12-17(25)21(7-15(31)2)34-13-19-18(27)8-16(26)11-28-19/h5-11,33H,12-13H2,1-4H3. The first-order valence-corrected chi connectivity index (χ1v) is 10.9. The van der Waals surface area contributed by atoms with E-state index in [1.807, 2.05) is 24.8 Å². The molecule has 0 saturated carbocycles. The van der Waals surface area contributed by atoms with Gasteiger partial charge in [0.25, 0.3) is 0 Å². The summed E-state index contributed by atoms with van der Waals surface area (Å²) in [6, 6.07) is 4.39. The number of aliphatic hydroxyl groups is 1. The molecule has 1 aliphatic heterocycles. The van der Waals surface area contributed by atoms with E-state index < -0.39 is 17.2 Å². The zero-order valence-electron chi connectivity index (χ0n) is 19.2. The summed E-state index contributed by atoms with van der Waals surface area (Å²) in [6.45, 7) is 7.35. The fourth-order valence-electron chi connectivity index (χ4n) is 3.64. The number of hydrogen-bond acceptors (Lipinski definition) is 6. The maximum Gasteiger partial charge on any atom is 0.155 e. The minimum atomic E-state index is -1.10. The quantitative estimate of drug-likeness (QED) is 0.534. The van der Waals surface area contributed by atoms with Gasteiger partial charge in [0.2, 0.25) is 0 Å². The molecule has 0 atom stereocenters. The van der Waals surface area contributed by atoms with Crippen LogP contribution in [0, 0.1) is 18.6 Å². The van der Waals surface area contributed by atoms with E-state index in [2.05, 4.69) is 15.1 Å². The van der Waals surface area contributed by atoms with E-state index in [9.17, 15) is 13.9 Å². The van der Waals surface area contributed by atoms with Crippen molar-refractivity contribution in [2.45, 2.75) is 39.9 Å². The minimum Gasteiger partial charge on any atom is -0.486 e. The van der Waals surface area contributed by atoms with Gasteiger partial charge in [-0.15, -0.1) is 0 Å². The van der Waals surface area contributed by atoms with Crippen LogP contribution in [0.15, 0.2) is 59.4 Å². The van der Waals surface area contributed by atoms with E-state index in [0.717, 1.165) is 29.2 Å². The highest BCUT2D eigenvalue weighted by molar-refractivity contribution is 6.30. The van der Waals surface area contributed by atoms with Crippen LogP contribution >= 0.6 is 11.6 Å². The van der Waals surface area contributed by atoms with Crippen molar-refractivity contribution < 1.29 is 18.6 Å². The van der Waals surface area contributed by atoms with Crippen LogP contribution in [0.5, 0.6) is 0 Å². The SMILES string of the molecule is CC1=CC(OCc2ncc(F)cc2F)=C(Cl)CN1c1cc(-n2nccc2C(C)(C)O)ncc1C. The number of ether oxygens (including phenoxy) is 1. The Balaban J connectivity index is 1.59. The number of rotatable bonds is 6. The molecule has 10 heteroatoms. The molecule has 3 aromatic rings. The highest BCUT2D eigenvalue weighted by atomic mass is 35.5. The van der Waals surface area contributed by atoms with Crippen molar-refractivity contribution in [1.82, 2.24) is 19.7 Å². The first-order valence-electron chi connectivity index (χ1n) is 10.6. The molecule has 7 nitrogen and oxygen atoms in total. The van der Waals surface area contributed by atoms with Gasteiger partial charge in [-0.1, -0.05) is 11.6 Å². The molecule has 0 amide bonds. The zero-order chi connectivity index (χ0) is 24.6. The third-order valence-electron chi connectivity index (χ3n) is 5.42. The van der Waals surface area contributed by atoms with Crippen molar-refractivity contribution in [2.24, 2.45) is 0 Å². The van der Waals surface area contributed by atoms with Crippen molar-refractivity contribution in [3.05, 3.63) is 87.9 Å². The van der Waals surface area contributed by atoms with E-state index in [1.165, 1.54) is 0 Å². The Bertz CT molecular complexity index is 1300. The van der Waals surface area contributed by atoms with Crippen LogP contribution in [0.4, 0.5) is 14.5 Å². The van der Waals surface area contributed by atoms with E-state index >= 15 is 0 Å². The second-order valence-electron chi connectivity index (χ2n) is 8.53. The Morgan fingerprint density at radius 1 is 1.18 bits per heavy atom. The smallest absolute Gasteiger partial charge is 0.155 e. The third kappa shape index (κ3) is 4.80. The van der Waals surface area contributed by atoms with Gasteiger partial charge in [0.15, 0.2) is 11.6 Å². The second-order valence-corrected chi connectivity index (χ2v) is 8.98. The fourth-order valence-corrected chi connectivity index (χ4v) is 3.86. The molecule has 4 heterocycles. The fraction of sp³-hybridized carbons (Fsp3) is 0.292. The molecule has 34 heavy (non-hydrogen) atoms. The molecule has 0 aromatic carbocycles. The highest BCUT2D eigenvalue weighted by Crippen LogP contribution is 2.33. The molecule has 4 rings (SSSR count). The number of nitrogens with zero attached hydrogens (tertiary/aromatic N) is 5. The molecular formula is C24H24ClF2N5O2. The van der Waals surface area contributed by atoms with Crippen molar-refractivity contribution in [2.75, 3.05) is 11.4 Å². The predicted octanol–water partition coefficient (Wildman–Crippen LogP) is 4.87. The van der Waals surface area contributed by atoms with Crippen molar-refractivity contribution in [3.63, 3.8) is 0 Å². The minimum absolute atomic E-state index is 0.0108. The molecule has 0 unspecified atom stereocenters. The lowest BCUT2D eigenvalue weighted by molar-refractivity contribution is 0.0710. The van der Waals surface area contributed by atoms with Crippen LogP contribution in [0.2, 0.25) is 0 Å². The van der Waals surface area contributed by atoms with Gasteiger partial charge in [0.1, 0.15) is 29.5 Å². The van der Waals surface area contributed by atoms with Crippen LogP contribution < -0.4 is 4.90 Å². The van der Waals surface area contributed by atoms with E-state index in [-0.39, 0.29) is 12.3 Å². The highest BCUT2D eigenvalue weighted by Gasteiger charge is 2.25. The Hall–Kier alpha value is -3.30. The van der Waals surface area contributed by atoms with Gasteiger partial charge in [-0.2, -0.15) is 5.10 Å². The van der Waals surface area contributed by atoms with Crippen LogP contribution in [0.1, 0.15) is 37.7 Å². The maximum absolute atomic E-state index is 13.9. The molecule has 1 N–H and O–H groups in total. The average molecular weight is 488 g/mol. The topological polar surface area (TPSA) is 76.3 Å². The molecule has 0 radical (unpaired) electrons. The summed E-state index contributed by atoms with van der Waals surface area (Å²) in [4.78, 5) is 10.2. The third-order valence-corrected chi connectivity index (χ3v) is 5.72. The summed E-state index contributed by atoms with van der Waals surface area (Å²) in [5.41, 5.74) is 2.12. The van der Waals surface area contributed by atoms with Crippen LogP contribution in [0.25, 0.3) is 5.82 Å². The maximum atomic E-state index is 13.9. The van der Waals surface area contributed by atoms with Crippen molar-refractivity contribution >= 4 is 17.3 Å². The molecule has 1 aliphatic rings. The summed E-state index contributed by atoms with van der Waals surface area (Å²) < 4.78 is 34.2. The van der Waals surface area contributed by atoms with Crippen molar-refractivity contribution in [3.8, 4) is 5.82 Å². The Morgan fingerprint density at radius 2 is 1.94 bits per heavy atom. The molecule has 3 aromatic heterocycles. The summed E-state index contributed by atoms with van der Waals surface area (Å²) >= 11 is 6.53. The molecule has 178 valence electrons. The second kappa shape index (κ2) is 9.15. The molecule has 0 aliphatic carbocycles. The van der Waals surface area contributed by atoms with Gasteiger partial charge in [0.05, 0.1) is 23.5 Å². The molecule has 0 spiro atoms. The zero-order valence-corrected chi connectivity index (χ0v) is 19.9. The van der Waals surface area contributed by atoms with Gasteiger partial charge >= 0.3 is 0 Å². The van der Waals surface area contributed by atoms with E-state index in [1.54, 1.807) is 43.1 Å². The lowest BCUT2D eigenvalue weighted by atomic mass is 10.1. The largest absolute Gasteiger partial charge is 0.486 e. The first-order chi connectivity index (χ1) is 16.0. The summed E-state index contributed by atoms with van der Waals surface area (Å²) in [5, 5.41) is 15.2. The Kier molecular flexibility index (Phi) is 6.42. The number of aryl methyl sites for hydroxylation is 1. The molecule has 0 bridgehead atoms. The van der Waals surface area contributed by atoms with Gasteiger partial charge in [-0.05, 0) is 39.3 Å². The molecule has 0 fully saturated rings. The van der Waals surface area contributed by atoms with Crippen LogP contribution in [-0.4, -0.2) is 31.4 Å². The van der Waals surface area contributed by atoms with Gasteiger partial charge in [-0.25, -0.2) is 18.4 Å². The van der Waals surface area contributed by atoms with Crippen LogP contribution in [-0.2, 0) is 16.9 Å². The monoisotopic (exact) mass is 487 g/mol. The number of anilines is 1. The number of halogens is 3. The van der Waals surface area contributed by atoms with Gasteiger partial charge in [0, 0.05) is 42.0 Å².